The quantitative estimate of drug-likeness (QED) is 0.289. The summed E-state index contributed by atoms with van der Waals surface area (Å²) in [7, 11) is 0. The largest absolute Gasteiger partial charge is 0.422 e. The molecule has 0 saturated heterocycles. The van der Waals surface area contributed by atoms with Gasteiger partial charge in [-0.2, -0.15) is 0 Å². The van der Waals surface area contributed by atoms with E-state index in [1.165, 1.54) is 11.3 Å². The minimum absolute atomic E-state index is 0.00651. The Labute approximate surface area is 194 Å². The molecule has 5 rings (SSSR count). The maximum atomic E-state index is 13.7. The number of rotatable bonds is 5. The monoisotopic (exact) mass is 454 g/mol. The van der Waals surface area contributed by atoms with Crippen LogP contribution in [0.15, 0.2) is 88.1 Å². The van der Waals surface area contributed by atoms with Gasteiger partial charge in [0.25, 0.3) is 5.91 Å². The zero-order valence-corrected chi connectivity index (χ0v) is 19.1. The molecule has 0 aliphatic heterocycles. The Bertz CT molecular complexity index is 1520. The summed E-state index contributed by atoms with van der Waals surface area (Å²) in [5.74, 6) is -0.127. The van der Waals surface area contributed by atoms with Crippen molar-refractivity contribution < 1.29 is 9.21 Å². The molecule has 0 bridgehead atoms. The SMILES string of the molecule is CC(C)c1cccc2sc(N(Cc3ccccc3)C(=O)c3cc4ccccc4oc3=O)nc12. The first-order chi connectivity index (χ1) is 16.0. The summed E-state index contributed by atoms with van der Waals surface area (Å²) < 4.78 is 6.45. The van der Waals surface area contributed by atoms with Gasteiger partial charge in [0.1, 0.15) is 11.1 Å². The number of amides is 1. The summed E-state index contributed by atoms with van der Waals surface area (Å²) in [5.41, 5.74) is 2.76. The molecule has 0 N–H and O–H groups in total. The molecule has 2 aromatic heterocycles. The molecule has 0 radical (unpaired) electrons. The van der Waals surface area contributed by atoms with Crippen LogP contribution < -0.4 is 10.5 Å². The average Bonchev–Trinajstić information content (AvgIpc) is 3.26. The fraction of sp³-hybridized carbons (Fsp3) is 0.148. The maximum absolute atomic E-state index is 13.7. The van der Waals surface area contributed by atoms with E-state index < -0.39 is 11.5 Å². The molecule has 0 aliphatic carbocycles. The van der Waals surface area contributed by atoms with Crippen LogP contribution in [0.1, 0.15) is 41.3 Å². The Kier molecular flexibility index (Phi) is 5.52. The van der Waals surface area contributed by atoms with Crippen molar-refractivity contribution in [1.29, 1.82) is 0 Å². The normalized spacial score (nSPS) is 11.4. The predicted molar refractivity (Wildman–Crippen MR) is 133 cm³/mol. The predicted octanol–water partition coefficient (Wildman–Crippen LogP) is 6.37. The minimum atomic E-state index is -0.652. The van der Waals surface area contributed by atoms with Gasteiger partial charge in [-0.1, -0.05) is 85.8 Å². The third kappa shape index (κ3) is 4.05. The van der Waals surface area contributed by atoms with Crippen LogP contribution in [0.2, 0.25) is 0 Å². The van der Waals surface area contributed by atoms with E-state index in [9.17, 15) is 9.59 Å². The van der Waals surface area contributed by atoms with Crippen molar-refractivity contribution in [2.45, 2.75) is 26.3 Å². The van der Waals surface area contributed by atoms with Crippen molar-refractivity contribution in [3.05, 3.63) is 106 Å². The number of para-hydroxylation sites is 2. The van der Waals surface area contributed by atoms with Crippen molar-refractivity contribution in [1.82, 2.24) is 4.98 Å². The molecular formula is C27H22N2O3S. The molecule has 0 spiro atoms. The summed E-state index contributed by atoms with van der Waals surface area (Å²) >= 11 is 1.45. The molecule has 5 nitrogen and oxygen atoms in total. The van der Waals surface area contributed by atoms with Crippen molar-refractivity contribution >= 4 is 43.6 Å². The zero-order chi connectivity index (χ0) is 22.9. The van der Waals surface area contributed by atoms with Crippen LogP contribution in [0.5, 0.6) is 0 Å². The molecule has 3 aromatic carbocycles. The lowest BCUT2D eigenvalue weighted by Crippen LogP contribution is -2.33. The molecule has 1 amide bonds. The number of nitrogens with zero attached hydrogens (tertiary/aromatic N) is 2. The van der Waals surface area contributed by atoms with E-state index >= 15 is 0 Å². The second kappa shape index (κ2) is 8.64. The first-order valence-electron chi connectivity index (χ1n) is 10.8. The van der Waals surface area contributed by atoms with Gasteiger partial charge in [0.05, 0.1) is 16.8 Å². The van der Waals surface area contributed by atoms with Crippen LogP contribution in [0, 0.1) is 0 Å². The highest BCUT2D eigenvalue weighted by molar-refractivity contribution is 7.22. The van der Waals surface area contributed by atoms with Gasteiger partial charge in [0.2, 0.25) is 0 Å². The van der Waals surface area contributed by atoms with Gasteiger partial charge in [-0.3, -0.25) is 9.69 Å². The lowest BCUT2D eigenvalue weighted by Gasteiger charge is -2.19. The van der Waals surface area contributed by atoms with Gasteiger partial charge < -0.3 is 4.42 Å². The van der Waals surface area contributed by atoms with Gasteiger partial charge in [-0.05, 0) is 35.2 Å². The van der Waals surface area contributed by atoms with Gasteiger partial charge in [0.15, 0.2) is 5.13 Å². The standard InChI is InChI=1S/C27H22N2O3S/c1-17(2)20-12-8-14-23-24(20)28-27(33-23)29(16-18-9-4-3-5-10-18)25(30)21-15-19-11-6-7-13-22(19)32-26(21)31/h3-15,17H,16H2,1-2H3. The van der Waals surface area contributed by atoms with E-state index in [2.05, 4.69) is 19.9 Å². The number of hydrogen-bond donors (Lipinski definition) is 0. The summed E-state index contributed by atoms with van der Waals surface area (Å²) in [4.78, 5) is 32.9. The van der Waals surface area contributed by atoms with E-state index in [0.29, 0.717) is 28.6 Å². The van der Waals surface area contributed by atoms with Crippen LogP contribution in [-0.4, -0.2) is 10.9 Å². The molecule has 0 fully saturated rings. The molecule has 0 atom stereocenters. The summed E-state index contributed by atoms with van der Waals surface area (Å²) in [6.45, 7) is 4.55. The lowest BCUT2D eigenvalue weighted by molar-refractivity contribution is 0.0981. The van der Waals surface area contributed by atoms with E-state index in [1.54, 1.807) is 23.1 Å². The number of benzene rings is 3. The Hall–Kier alpha value is -3.77. The number of carbonyl (C=O) groups excluding carboxylic acids is 1. The van der Waals surface area contributed by atoms with Crippen molar-refractivity contribution in [2.75, 3.05) is 4.90 Å². The highest BCUT2D eigenvalue weighted by Crippen LogP contribution is 2.34. The zero-order valence-electron chi connectivity index (χ0n) is 18.3. The van der Waals surface area contributed by atoms with Crippen LogP contribution in [0.4, 0.5) is 5.13 Å². The summed E-state index contributed by atoms with van der Waals surface area (Å²) in [5, 5.41) is 1.26. The number of aromatic nitrogens is 1. The molecule has 33 heavy (non-hydrogen) atoms. The van der Waals surface area contributed by atoms with E-state index in [4.69, 9.17) is 9.40 Å². The average molecular weight is 455 g/mol. The summed E-state index contributed by atoms with van der Waals surface area (Å²) in [6.07, 6.45) is 0. The summed E-state index contributed by atoms with van der Waals surface area (Å²) in [6, 6.07) is 24.6. The third-order valence-corrected chi connectivity index (χ3v) is 6.64. The van der Waals surface area contributed by atoms with Crippen molar-refractivity contribution in [3.8, 4) is 0 Å². The Morgan fingerprint density at radius 3 is 2.55 bits per heavy atom. The number of hydrogen-bond acceptors (Lipinski definition) is 5. The Morgan fingerprint density at radius 1 is 1.00 bits per heavy atom. The molecular weight excluding hydrogens is 432 g/mol. The maximum Gasteiger partial charge on any atom is 0.349 e. The highest BCUT2D eigenvalue weighted by Gasteiger charge is 2.26. The molecule has 2 heterocycles. The van der Waals surface area contributed by atoms with Gasteiger partial charge in [-0.15, -0.1) is 0 Å². The molecule has 0 unspecified atom stereocenters. The number of thiazole rings is 1. The van der Waals surface area contributed by atoms with Crippen molar-refractivity contribution in [2.24, 2.45) is 0 Å². The second-order valence-corrected chi connectivity index (χ2v) is 9.22. The van der Waals surface area contributed by atoms with Crippen LogP contribution in [-0.2, 0) is 6.54 Å². The second-order valence-electron chi connectivity index (χ2n) is 8.21. The molecule has 6 heteroatoms. The molecule has 164 valence electrons. The van der Waals surface area contributed by atoms with Crippen LogP contribution >= 0.6 is 11.3 Å². The van der Waals surface area contributed by atoms with Crippen LogP contribution in [0.3, 0.4) is 0 Å². The van der Waals surface area contributed by atoms with Crippen LogP contribution in [0.25, 0.3) is 21.2 Å². The smallest absolute Gasteiger partial charge is 0.349 e. The fourth-order valence-electron chi connectivity index (χ4n) is 3.89. The van der Waals surface area contributed by atoms with E-state index in [0.717, 1.165) is 21.3 Å². The topological polar surface area (TPSA) is 63.4 Å². The Balaban J connectivity index is 1.65. The number of anilines is 1. The molecule has 5 aromatic rings. The minimum Gasteiger partial charge on any atom is -0.422 e. The first-order valence-corrected chi connectivity index (χ1v) is 11.6. The number of carbonyl (C=O) groups is 1. The van der Waals surface area contributed by atoms with Gasteiger partial charge in [-0.25, -0.2) is 9.78 Å². The van der Waals surface area contributed by atoms with Gasteiger partial charge in [0, 0.05) is 5.39 Å². The molecule has 0 aliphatic rings. The van der Waals surface area contributed by atoms with E-state index in [-0.39, 0.29) is 5.56 Å². The number of fused-ring (bicyclic) bond motifs is 2. The lowest BCUT2D eigenvalue weighted by atomic mass is 10.0. The molecule has 0 saturated carbocycles. The third-order valence-electron chi connectivity index (χ3n) is 5.59. The first kappa shape index (κ1) is 21.1. The van der Waals surface area contributed by atoms with Crippen molar-refractivity contribution in [3.63, 3.8) is 0 Å². The van der Waals surface area contributed by atoms with Gasteiger partial charge >= 0.3 is 5.63 Å². The fourth-order valence-corrected chi connectivity index (χ4v) is 4.89. The Morgan fingerprint density at radius 2 is 1.76 bits per heavy atom. The highest BCUT2D eigenvalue weighted by atomic mass is 32.1. The van der Waals surface area contributed by atoms with E-state index in [1.807, 2.05) is 54.6 Å².